The van der Waals surface area contributed by atoms with E-state index in [1.807, 2.05) is 29.2 Å². The first-order valence-electron chi connectivity index (χ1n) is 8.74. The van der Waals surface area contributed by atoms with Crippen molar-refractivity contribution < 1.29 is 14.0 Å². The van der Waals surface area contributed by atoms with Gasteiger partial charge in [-0.3, -0.25) is 9.59 Å². The molecule has 0 aliphatic carbocycles. The molecule has 1 saturated heterocycles. The summed E-state index contributed by atoms with van der Waals surface area (Å²) in [6.07, 6.45) is 1.76. The molecule has 3 heterocycles. The summed E-state index contributed by atoms with van der Waals surface area (Å²) < 4.78 is 5.63. The van der Waals surface area contributed by atoms with Crippen molar-refractivity contribution in [1.29, 1.82) is 0 Å². The molecule has 3 aromatic rings. The number of rotatable bonds is 4. The molecule has 2 aromatic heterocycles. The van der Waals surface area contributed by atoms with Crippen molar-refractivity contribution in [3.8, 4) is 0 Å². The normalized spacial score (nSPS) is 14.5. The standard InChI is InChI=1S/C19H19N5O3/c20-18(26)13-4-3-7-21-19(13)24-10-8-23(9-11-24)17(25)12-16-22-14-5-1-2-6-15(14)27-16/h1-7H,8-12H2,(H2,20,26). The van der Waals surface area contributed by atoms with Crippen LogP contribution < -0.4 is 10.6 Å². The molecule has 1 aromatic carbocycles. The maximum atomic E-state index is 12.6. The molecule has 138 valence electrons. The van der Waals surface area contributed by atoms with Crippen LogP contribution in [-0.2, 0) is 11.2 Å². The van der Waals surface area contributed by atoms with Gasteiger partial charge in [0.2, 0.25) is 11.8 Å². The fourth-order valence-electron chi connectivity index (χ4n) is 3.25. The molecule has 0 unspecified atom stereocenters. The zero-order chi connectivity index (χ0) is 18.8. The highest BCUT2D eigenvalue weighted by Gasteiger charge is 2.25. The summed E-state index contributed by atoms with van der Waals surface area (Å²) in [5, 5.41) is 0. The molecule has 1 fully saturated rings. The first-order chi connectivity index (χ1) is 13.1. The molecule has 0 radical (unpaired) electrons. The molecule has 2 N–H and O–H groups in total. The van der Waals surface area contributed by atoms with Crippen LogP contribution in [0.3, 0.4) is 0 Å². The van der Waals surface area contributed by atoms with Crippen molar-refractivity contribution in [2.45, 2.75) is 6.42 Å². The predicted octanol–water partition coefficient (Wildman–Crippen LogP) is 1.21. The Hall–Kier alpha value is -3.42. The Morgan fingerprint density at radius 3 is 2.59 bits per heavy atom. The number of carbonyl (C=O) groups excluding carboxylic acids is 2. The number of aromatic nitrogens is 2. The van der Waals surface area contributed by atoms with Gasteiger partial charge in [0.1, 0.15) is 17.8 Å². The van der Waals surface area contributed by atoms with Crippen molar-refractivity contribution in [2.75, 3.05) is 31.1 Å². The average molecular weight is 365 g/mol. The smallest absolute Gasteiger partial charge is 0.252 e. The summed E-state index contributed by atoms with van der Waals surface area (Å²) in [4.78, 5) is 36.6. The van der Waals surface area contributed by atoms with Gasteiger partial charge in [0.25, 0.3) is 5.91 Å². The Labute approximate surface area is 155 Å². The van der Waals surface area contributed by atoms with Gasteiger partial charge in [0, 0.05) is 32.4 Å². The largest absolute Gasteiger partial charge is 0.440 e. The maximum Gasteiger partial charge on any atom is 0.252 e. The molecule has 4 rings (SSSR count). The quantitative estimate of drug-likeness (QED) is 0.745. The highest BCUT2D eigenvalue weighted by Crippen LogP contribution is 2.19. The van der Waals surface area contributed by atoms with Crippen LogP contribution in [0.25, 0.3) is 11.1 Å². The van der Waals surface area contributed by atoms with E-state index in [0.717, 1.165) is 5.52 Å². The molecule has 0 spiro atoms. The number of piperazine rings is 1. The molecule has 0 bridgehead atoms. The van der Waals surface area contributed by atoms with E-state index in [0.29, 0.717) is 49.0 Å². The van der Waals surface area contributed by atoms with Crippen LogP contribution in [0.2, 0.25) is 0 Å². The second-order valence-corrected chi connectivity index (χ2v) is 6.36. The summed E-state index contributed by atoms with van der Waals surface area (Å²) in [7, 11) is 0. The molecule has 0 saturated carbocycles. The van der Waals surface area contributed by atoms with Crippen molar-refractivity contribution in [1.82, 2.24) is 14.9 Å². The number of nitrogens with zero attached hydrogens (tertiary/aromatic N) is 4. The van der Waals surface area contributed by atoms with Crippen LogP contribution in [0.1, 0.15) is 16.2 Å². The minimum atomic E-state index is -0.507. The number of fused-ring (bicyclic) bond motifs is 1. The van der Waals surface area contributed by atoms with E-state index in [2.05, 4.69) is 9.97 Å². The number of hydrogen-bond acceptors (Lipinski definition) is 6. The summed E-state index contributed by atoms with van der Waals surface area (Å²) in [5.74, 6) is 0.449. The Balaban J connectivity index is 1.40. The highest BCUT2D eigenvalue weighted by molar-refractivity contribution is 5.97. The van der Waals surface area contributed by atoms with E-state index in [1.165, 1.54) is 0 Å². The van der Waals surface area contributed by atoms with E-state index in [4.69, 9.17) is 10.2 Å². The van der Waals surface area contributed by atoms with Crippen LogP contribution in [0, 0.1) is 0 Å². The van der Waals surface area contributed by atoms with Gasteiger partial charge < -0.3 is 20.0 Å². The van der Waals surface area contributed by atoms with Crippen LogP contribution in [0.4, 0.5) is 5.82 Å². The number of anilines is 1. The van der Waals surface area contributed by atoms with Crippen LogP contribution in [0.15, 0.2) is 47.0 Å². The Morgan fingerprint density at radius 2 is 1.85 bits per heavy atom. The number of oxazole rings is 1. The van der Waals surface area contributed by atoms with Gasteiger partial charge in [-0.2, -0.15) is 0 Å². The SMILES string of the molecule is NC(=O)c1cccnc1N1CCN(C(=O)Cc2nc3ccccc3o2)CC1. The number of para-hydroxylation sites is 2. The fourth-order valence-corrected chi connectivity index (χ4v) is 3.25. The lowest BCUT2D eigenvalue weighted by Crippen LogP contribution is -2.49. The predicted molar refractivity (Wildman–Crippen MR) is 99.3 cm³/mol. The molecule has 0 atom stereocenters. The van der Waals surface area contributed by atoms with Crippen LogP contribution in [0.5, 0.6) is 0 Å². The molecule has 1 aliphatic rings. The zero-order valence-electron chi connectivity index (χ0n) is 14.7. The van der Waals surface area contributed by atoms with Crippen molar-refractivity contribution >= 4 is 28.7 Å². The van der Waals surface area contributed by atoms with Crippen LogP contribution in [-0.4, -0.2) is 52.9 Å². The van der Waals surface area contributed by atoms with Crippen molar-refractivity contribution in [3.05, 3.63) is 54.0 Å². The third-order valence-corrected chi connectivity index (χ3v) is 4.62. The Morgan fingerprint density at radius 1 is 1.07 bits per heavy atom. The van der Waals surface area contributed by atoms with E-state index in [9.17, 15) is 9.59 Å². The third-order valence-electron chi connectivity index (χ3n) is 4.62. The lowest BCUT2D eigenvalue weighted by molar-refractivity contribution is -0.131. The Bertz CT molecular complexity index is 959. The van der Waals surface area contributed by atoms with Crippen LogP contribution >= 0.6 is 0 Å². The molecule has 8 heteroatoms. The van der Waals surface area contributed by atoms with Gasteiger partial charge in [-0.15, -0.1) is 0 Å². The molecule has 27 heavy (non-hydrogen) atoms. The lowest BCUT2D eigenvalue weighted by Gasteiger charge is -2.35. The Kier molecular flexibility index (Phi) is 4.45. The van der Waals surface area contributed by atoms with Gasteiger partial charge in [-0.05, 0) is 24.3 Å². The third kappa shape index (κ3) is 3.46. The average Bonchev–Trinajstić information content (AvgIpc) is 3.10. The summed E-state index contributed by atoms with van der Waals surface area (Å²) in [6, 6.07) is 10.8. The maximum absolute atomic E-state index is 12.6. The summed E-state index contributed by atoms with van der Waals surface area (Å²) in [6.45, 7) is 2.23. The second kappa shape index (κ2) is 7.06. The number of benzene rings is 1. The van der Waals surface area contributed by atoms with Gasteiger partial charge >= 0.3 is 0 Å². The minimum absolute atomic E-state index is 0.0302. The zero-order valence-corrected chi connectivity index (χ0v) is 14.7. The topological polar surface area (TPSA) is 106 Å². The van der Waals surface area contributed by atoms with Gasteiger partial charge in [-0.1, -0.05) is 12.1 Å². The number of amides is 2. The molecule has 8 nitrogen and oxygen atoms in total. The highest BCUT2D eigenvalue weighted by atomic mass is 16.3. The number of carbonyl (C=O) groups is 2. The number of hydrogen-bond donors (Lipinski definition) is 1. The fraction of sp³-hybridized carbons (Fsp3) is 0.263. The second-order valence-electron chi connectivity index (χ2n) is 6.36. The van der Waals surface area contributed by atoms with Gasteiger partial charge in [0.05, 0.1) is 5.56 Å². The van der Waals surface area contributed by atoms with E-state index < -0.39 is 5.91 Å². The van der Waals surface area contributed by atoms with E-state index in [1.54, 1.807) is 23.2 Å². The number of nitrogens with two attached hydrogens (primary N) is 1. The monoisotopic (exact) mass is 365 g/mol. The molecule has 2 amide bonds. The molecule has 1 aliphatic heterocycles. The lowest BCUT2D eigenvalue weighted by atomic mass is 10.2. The summed E-state index contributed by atoms with van der Waals surface area (Å²) >= 11 is 0. The van der Waals surface area contributed by atoms with E-state index in [-0.39, 0.29) is 12.3 Å². The van der Waals surface area contributed by atoms with Crippen molar-refractivity contribution in [2.24, 2.45) is 5.73 Å². The van der Waals surface area contributed by atoms with Gasteiger partial charge in [0.15, 0.2) is 5.58 Å². The minimum Gasteiger partial charge on any atom is -0.440 e. The van der Waals surface area contributed by atoms with Crippen molar-refractivity contribution in [3.63, 3.8) is 0 Å². The number of pyridine rings is 1. The number of primary amides is 1. The summed E-state index contributed by atoms with van der Waals surface area (Å²) in [5.41, 5.74) is 7.25. The molecular formula is C19H19N5O3. The molecular weight excluding hydrogens is 346 g/mol. The van der Waals surface area contributed by atoms with E-state index >= 15 is 0 Å². The first-order valence-corrected chi connectivity index (χ1v) is 8.74. The van der Waals surface area contributed by atoms with Gasteiger partial charge in [-0.25, -0.2) is 9.97 Å². The first kappa shape index (κ1) is 17.0.